The highest BCUT2D eigenvalue weighted by molar-refractivity contribution is 6.30. The van der Waals surface area contributed by atoms with E-state index in [1.54, 1.807) is 30.2 Å². The highest BCUT2D eigenvalue weighted by Crippen LogP contribution is 2.32. The zero-order valence-electron chi connectivity index (χ0n) is 21.6. The number of Topliss-reactive ketones (excluding diaryl/α,β-unsaturated/α-hetero) is 1. The van der Waals surface area contributed by atoms with E-state index in [4.69, 9.17) is 11.6 Å². The lowest BCUT2D eigenvalue weighted by Crippen LogP contribution is -2.47. The summed E-state index contributed by atoms with van der Waals surface area (Å²) in [7, 11) is 0. The number of alkyl halides is 2. The molecule has 4 aromatic rings. The van der Waals surface area contributed by atoms with E-state index in [0.717, 1.165) is 16.5 Å². The number of rotatable bonds is 7. The van der Waals surface area contributed by atoms with Crippen LogP contribution < -0.4 is 0 Å². The van der Waals surface area contributed by atoms with Crippen LogP contribution in [0.3, 0.4) is 0 Å². The highest BCUT2D eigenvalue weighted by atomic mass is 35.5. The van der Waals surface area contributed by atoms with Crippen LogP contribution in [0.4, 0.5) is 8.78 Å². The molecule has 0 saturated carbocycles. The smallest absolute Gasteiger partial charge is 0.263 e. The molecule has 1 saturated heterocycles. The maximum atomic E-state index is 13.7. The van der Waals surface area contributed by atoms with E-state index >= 15 is 0 Å². The van der Waals surface area contributed by atoms with E-state index in [1.807, 2.05) is 48.5 Å². The second-order valence-corrected chi connectivity index (χ2v) is 10.7. The van der Waals surface area contributed by atoms with Gasteiger partial charge in [-0.05, 0) is 79.6 Å². The molecule has 5 rings (SSSR count). The van der Waals surface area contributed by atoms with Crippen LogP contribution in [0, 0.1) is 12.8 Å². The number of hydrogen-bond donors (Lipinski definition) is 0. The molecule has 4 nitrogen and oxygen atoms in total. The number of pyridine rings is 1. The van der Waals surface area contributed by atoms with Gasteiger partial charge in [0.2, 0.25) is 0 Å². The van der Waals surface area contributed by atoms with Crippen LogP contribution in [-0.4, -0.2) is 34.2 Å². The number of likely N-dealkylation sites (tertiary alicyclic amines) is 1. The first kappa shape index (κ1) is 26.9. The molecule has 0 spiro atoms. The second-order valence-electron chi connectivity index (χ2n) is 10.3. The Morgan fingerprint density at radius 3 is 2.59 bits per heavy atom. The third-order valence-corrected chi connectivity index (χ3v) is 7.74. The van der Waals surface area contributed by atoms with Gasteiger partial charge in [-0.25, -0.2) is 8.78 Å². The summed E-state index contributed by atoms with van der Waals surface area (Å²) in [6.45, 7) is 2.17. The van der Waals surface area contributed by atoms with Crippen molar-refractivity contribution in [3.05, 3.63) is 112 Å². The summed E-state index contributed by atoms with van der Waals surface area (Å²) in [5.41, 5.74) is 3.20. The number of para-hydroxylation sites is 1. The van der Waals surface area contributed by atoms with Crippen LogP contribution in [-0.2, 0) is 6.42 Å². The zero-order valence-corrected chi connectivity index (χ0v) is 22.4. The number of halogens is 3. The van der Waals surface area contributed by atoms with Gasteiger partial charge >= 0.3 is 0 Å². The van der Waals surface area contributed by atoms with Crippen molar-refractivity contribution in [2.75, 3.05) is 6.54 Å². The molecular formula is C32H29ClF2N2O2. The first-order valence-electron chi connectivity index (χ1n) is 13.1. The standard InChI is InChI=1S/C32H29ClF2N2O2/c1-20-14-23(31(34)35)19-24(15-20)32(39)37-13-11-22(17-26(37)16-21-6-8-25(33)9-7-21)18-30(38)28-10-12-36-29-5-3-2-4-27(28)29/h2-10,12,14-15,19,22,26,31H,11,13,16-18H2,1H3/t22-,26+/m0/s1. The lowest BCUT2D eigenvalue weighted by atomic mass is 9.83. The van der Waals surface area contributed by atoms with Crippen molar-refractivity contribution >= 4 is 34.2 Å². The number of amides is 1. The molecule has 1 fully saturated rings. The zero-order chi connectivity index (χ0) is 27.5. The molecule has 0 bridgehead atoms. The quantitative estimate of drug-likeness (QED) is 0.222. The Hall–Kier alpha value is -3.64. The van der Waals surface area contributed by atoms with Crippen molar-refractivity contribution in [2.45, 2.75) is 45.1 Å². The topological polar surface area (TPSA) is 50.3 Å². The number of aromatic nitrogens is 1. The van der Waals surface area contributed by atoms with Crippen molar-refractivity contribution in [3.8, 4) is 0 Å². The molecule has 0 N–H and O–H groups in total. The molecule has 2 heterocycles. The van der Waals surface area contributed by atoms with E-state index in [1.165, 1.54) is 12.1 Å². The minimum absolute atomic E-state index is 0.0591. The van der Waals surface area contributed by atoms with E-state index in [0.29, 0.717) is 48.4 Å². The van der Waals surface area contributed by atoms with E-state index in [-0.39, 0.29) is 34.8 Å². The van der Waals surface area contributed by atoms with Gasteiger partial charge in [-0.3, -0.25) is 14.6 Å². The van der Waals surface area contributed by atoms with Crippen molar-refractivity contribution in [2.24, 2.45) is 5.92 Å². The molecule has 39 heavy (non-hydrogen) atoms. The van der Waals surface area contributed by atoms with Gasteiger partial charge in [0, 0.05) is 52.3 Å². The number of piperidine rings is 1. The van der Waals surface area contributed by atoms with Crippen LogP contribution >= 0.6 is 11.6 Å². The molecule has 200 valence electrons. The molecule has 0 radical (unpaired) electrons. The maximum Gasteiger partial charge on any atom is 0.263 e. The second kappa shape index (κ2) is 11.6. The average Bonchev–Trinajstić information content (AvgIpc) is 2.93. The molecule has 0 unspecified atom stereocenters. The number of fused-ring (bicyclic) bond motifs is 1. The van der Waals surface area contributed by atoms with Gasteiger partial charge in [0.15, 0.2) is 5.78 Å². The predicted octanol–water partition coefficient (Wildman–Crippen LogP) is 7.87. The third kappa shape index (κ3) is 6.17. The van der Waals surface area contributed by atoms with Crippen LogP contribution in [0.1, 0.15) is 63.1 Å². The lowest BCUT2D eigenvalue weighted by molar-refractivity contribution is 0.0537. The molecule has 2 atom stereocenters. The van der Waals surface area contributed by atoms with Gasteiger partial charge in [-0.2, -0.15) is 0 Å². The van der Waals surface area contributed by atoms with E-state index < -0.39 is 6.43 Å². The van der Waals surface area contributed by atoms with Gasteiger partial charge in [0.1, 0.15) is 0 Å². The Balaban J connectivity index is 1.39. The Morgan fingerprint density at radius 1 is 1.05 bits per heavy atom. The van der Waals surface area contributed by atoms with Crippen LogP contribution in [0.15, 0.2) is 79.0 Å². The number of aryl methyl sites for hydroxylation is 1. The largest absolute Gasteiger partial charge is 0.335 e. The average molecular weight is 547 g/mol. The Kier molecular flexibility index (Phi) is 8.03. The van der Waals surface area contributed by atoms with Crippen LogP contribution in [0.2, 0.25) is 5.02 Å². The fourth-order valence-corrected chi connectivity index (χ4v) is 5.74. The fraction of sp³-hybridized carbons (Fsp3) is 0.281. The summed E-state index contributed by atoms with van der Waals surface area (Å²) in [4.78, 5) is 33.2. The number of carbonyl (C=O) groups excluding carboxylic acids is 2. The van der Waals surface area contributed by atoms with Crippen molar-refractivity contribution < 1.29 is 18.4 Å². The molecule has 7 heteroatoms. The van der Waals surface area contributed by atoms with Gasteiger partial charge < -0.3 is 4.90 Å². The van der Waals surface area contributed by atoms with Crippen molar-refractivity contribution in [3.63, 3.8) is 0 Å². The Bertz CT molecular complexity index is 1500. The van der Waals surface area contributed by atoms with Gasteiger partial charge in [-0.1, -0.05) is 48.0 Å². The maximum absolute atomic E-state index is 13.7. The van der Waals surface area contributed by atoms with E-state index in [9.17, 15) is 18.4 Å². The van der Waals surface area contributed by atoms with Gasteiger partial charge in [0.05, 0.1) is 5.52 Å². The first-order chi connectivity index (χ1) is 18.8. The number of hydrogen-bond acceptors (Lipinski definition) is 3. The van der Waals surface area contributed by atoms with Crippen molar-refractivity contribution in [1.82, 2.24) is 9.88 Å². The monoisotopic (exact) mass is 546 g/mol. The molecule has 1 aliphatic heterocycles. The Labute approximate surface area is 231 Å². The van der Waals surface area contributed by atoms with Crippen LogP contribution in [0.25, 0.3) is 10.9 Å². The third-order valence-electron chi connectivity index (χ3n) is 7.49. The van der Waals surface area contributed by atoms with Gasteiger partial charge in [-0.15, -0.1) is 0 Å². The number of benzene rings is 3. The summed E-state index contributed by atoms with van der Waals surface area (Å²) in [5, 5.41) is 1.47. The molecular weight excluding hydrogens is 518 g/mol. The number of nitrogens with zero attached hydrogens (tertiary/aromatic N) is 2. The van der Waals surface area contributed by atoms with Crippen molar-refractivity contribution in [1.29, 1.82) is 0 Å². The number of carbonyl (C=O) groups is 2. The SMILES string of the molecule is Cc1cc(C(=O)N2CC[C@H](CC(=O)c3ccnc4ccccc34)C[C@H]2Cc2ccc(Cl)cc2)cc(C(F)F)c1. The highest BCUT2D eigenvalue weighted by Gasteiger charge is 2.34. The molecule has 1 aromatic heterocycles. The molecule has 1 aliphatic rings. The summed E-state index contributed by atoms with van der Waals surface area (Å²) in [6, 6.07) is 21.1. The number of ketones is 1. The Morgan fingerprint density at radius 2 is 1.82 bits per heavy atom. The van der Waals surface area contributed by atoms with Crippen LogP contribution in [0.5, 0.6) is 0 Å². The molecule has 0 aliphatic carbocycles. The molecule has 3 aromatic carbocycles. The minimum atomic E-state index is -2.65. The fourth-order valence-electron chi connectivity index (χ4n) is 5.61. The summed E-state index contributed by atoms with van der Waals surface area (Å²) in [6.07, 6.45) is 1.26. The summed E-state index contributed by atoms with van der Waals surface area (Å²) < 4.78 is 26.9. The summed E-state index contributed by atoms with van der Waals surface area (Å²) in [5.74, 6) is -0.117. The first-order valence-corrected chi connectivity index (χ1v) is 13.5. The normalized spacial score (nSPS) is 17.5. The molecule has 1 amide bonds. The van der Waals surface area contributed by atoms with Gasteiger partial charge in [0.25, 0.3) is 12.3 Å². The lowest BCUT2D eigenvalue weighted by Gasteiger charge is -2.40. The predicted molar refractivity (Wildman–Crippen MR) is 150 cm³/mol. The minimum Gasteiger partial charge on any atom is -0.335 e. The van der Waals surface area contributed by atoms with E-state index in [2.05, 4.69) is 4.98 Å². The summed E-state index contributed by atoms with van der Waals surface area (Å²) >= 11 is 6.08.